The monoisotopic (exact) mass is 596 g/mol. The first-order chi connectivity index (χ1) is 21.8. The summed E-state index contributed by atoms with van der Waals surface area (Å²) < 4.78 is 44.6. The summed E-state index contributed by atoms with van der Waals surface area (Å²) in [5.74, 6) is 0. The lowest BCUT2D eigenvalue weighted by Crippen LogP contribution is -2.62. The van der Waals surface area contributed by atoms with Crippen LogP contribution in [0, 0.1) is 0 Å². The molecule has 2 heterocycles. The van der Waals surface area contributed by atoms with Crippen LogP contribution in [0.15, 0.2) is 121 Å². The molecule has 230 valence electrons. The van der Waals surface area contributed by atoms with Gasteiger partial charge in [-0.2, -0.15) is 0 Å². The van der Waals surface area contributed by atoms with E-state index in [0.717, 1.165) is 22.3 Å². The van der Waals surface area contributed by atoms with Gasteiger partial charge in [-0.3, -0.25) is 0 Å². The Bertz CT molecular complexity index is 1350. The molecule has 7 heteroatoms. The van der Waals surface area contributed by atoms with Crippen LogP contribution in [-0.4, -0.2) is 56.6 Å². The lowest BCUT2D eigenvalue weighted by atomic mass is 9.97. The Morgan fingerprint density at radius 1 is 0.477 bits per heavy atom. The molecule has 2 aliphatic rings. The summed E-state index contributed by atoms with van der Waals surface area (Å²) in [5.41, 5.74) is 4.26. The van der Waals surface area contributed by atoms with E-state index in [9.17, 15) is 0 Å². The summed E-state index contributed by atoms with van der Waals surface area (Å²) in [6, 6.07) is 40.4. The Kier molecular flexibility index (Phi) is 11.2. The smallest absolute Gasteiger partial charge is 0.187 e. The molecule has 6 atom stereocenters. The molecule has 0 saturated carbocycles. The van der Waals surface area contributed by atoms with E-state index in [-0.39, 0.29) is 6.10 Å². The first-order valence-electron chi connectivity index (χ1n) is 15.3. The quantitative estimate of drug-likeness (QED) is 0.145. The van der Waals surface area contributed by atoms with Gasteiger partial charge in [-0.15, -0.1) is 0 Å². The molecule has 6 rings (SSSR count). The van der Waals surface area contributed by atoms with Gasteiger partial charge in [0.15, 0.2) is 6.29 Å². The lowest BCUT2D eigenvalue weighted by molar-refractivity contribution is -0.328. The van der Waals surface area contributed by atoms with Gasteiger partial charge in [0.1, 0.15) is 30.5 Å². The zero-order chi connectivity index (χ0) is 29.8. The second-order valence-corrected chi connectivity index (χ2v) is 11.1. The van der Waals surface area contributed by atoms with E-state index in [0.29, 0.717) is 46.2 Å². The van der Waals surface area contributed by atoms with Gasteiger partial charge < -0.3 is 33.2 Å². The Hall–Kier alpha value is -3.40. The standard InChI is InChI=1S/C37H40O7/c1-5-13-28(14-6-1)21-38-27-33-34(40-22-29-15-7-2-8-16-29)35(41-23-30-17-9-3-10-18-30)36(37(44-33)43-26-32-25-39-32)42-24-31-19-11-4-12-20-31/h1-20,32-37H,21-27H2/t32-,33-,34+,35+,36-,37-/m1/s1. The van der Waals surface area contributed by atoms with Crippen molar-refractivity contribution in [3.8, 4) is 0 Å². The van der Waals surface area contributed by atoms with Gasteiger partial charge in [0, 0.05) is 0 Å². The maximum absolute atomic E-state index is 6.72. The predicted octanol–water partition coefficient (Wildman–Crippen LogP) is 6.10. The molecule has 0 aromatic heterocycles. The van der Waals surface area contributed by atoms with Crippen LogP contribution < -0.4 is 0 Å². The number of epoxide rings is 1. The van der Waals surface area contributed by atoms with E-state index in [1.165, 1.54) is 0 Å². The molecule has 4 aromatic carbocycles. The van der Waals surface area contributed by atoms with Crippen molar-refractivity contribution in [2.45, 2.75) is 63.2 Å². The highest BCUT2D eigenvalue weighted by molar-refractivity contribution is 5.16. The van der Waals surface area contributed by atoms with Crippen LogP contribution in [0.2, 0.25) is 0 Å². The van der Waals surface area contributed by atoms with Crippen LogP contribution in [0.3, 0.4) is 0 Å². The molecule has 2 aliphatic heterocycles. The molecule has 0 unspecified atom stereocenters. The minimum Gasteiger partial charge on any atom is -0.374 e. The van der Waals surface area contributed by atoms with Gasteiger partial charge in [-0.25, -0.2) is 0 Å². The molecule has 0 radical (unpaired) electrons. The summed E-state index contributed by atoms with van der Waals surface area (Å²) >= 11 is 0. The summed E-state index contributed by atoms with van der Waals surface area (Å²) in [6.07, 6.45) is -2.67. The van der Waals surface area contributed by atoms with Crippen LogP contribution in [0.4, 0.5) is 0 Å². The molecule has 2 saturated heterocycles. The van der Waals surface area contributed by atoms with Crippen LogP contribution in [-0.2, 0) is 59.6 Å². The molecule has 0 aliphatic carbocycles. The van der Waals surface area contributed by atoms with Crippen molar-refractivity contribution < 1.29 is 33.2 Å². The Morgan fingerprint density at radius 2 is 0.909 bits per heavy atom. The van der Waals surface area contributed by atoms with E-state index in [1.54, 1.807) is 0 Å². The number of rotatable bonds is 16. The largest absolute Gasteiger partial charge is 0.374 e. The zero-order valence-electron chi connectivity index (χ0n) is 24.8. The molecule has 44 heavy (non-hydrogen) atoms. The molecule has 0 amide bonds. The van der Waals surface area contributed by atoms with Crippen molar-refractivity contribution >= 4 is 0 Å². The van der Waals surface area contributed by atoms with Crippen molar-refractivity contribution in [3.05, 3.63) is 144 Å². The van der Waals surface area contributed by atoms with E-state index in [2.05, 4.69) is 24.3 Å². The third kappa shape index (κ3) is 9.06. The van der Waals surface area contributed by atoms with Gasteiger partial charge >= 0.3 is 0 Å². The normalized spacial score (nSPS) is 24.6. The summed E-state index contributed by atoms with van der Waals surface area (Å²) in [5, 5.41) is 0. The maximum atomic E-state index is 6.72. The second kappa shape index (κ2) is 16.1. The summed E-state index contributed by atoms with van der Waals surface area (Å²) in [7, 11) is 0. The summed E-state index contributed by atoms with van der Waals surface area (Å²) in [4.78, 5) is 0. The molecule has 2 fully saturated rings. The third-order valence-corrected chi connectivity index (χ3v) is 7.69. The molecule has 4 aromatic rings. The zero-order valence-corrected chi connectivity index (χ0v) is 24.8. The minimum atomic E-state index is -0.703. The van der Waals surface area contributed by atoms with Crippen molar-refractivity contribution in [3.63, 3.8) is 0 Å². The topological polar surface area (TPSA) is 67.9 Å². The van der Waals surface area contributed by atoms with E-state index in [1.807, 2.05) is 97.1 Å². The van der Waals surface area contributed by atoms with E-state index >= 15 is 0 Å². The lowest BCUT2D eigenvalue weighted by Gasteiger charge is -2.45. The van der Waals surface area contributed by atoms with Gasteiger partial charge in [-0.1, -0.05) is 121 Å². The maximum Gasteiger partial charge on any atom is 0.187 e. The summed E-state index contributed by atoms with van der Waals surface area (Å²) in [6.45, 7) is 3.00. The number of hydrogen-bond acceptors (Lipinski definition) is 7. The molecular formula is C37H40O7. The van der Waals surface area contributed by atoms with Gasteiger partial charge in [0.25, 0.3) is 0 Å². The SMILES string of the molecule is c1ccc(COC[C@H]2O[C@@H](OC[C@H]3CO3)[C@H](OCc3ccccc3)[C@@H](OCc3ccccc3)[C@H]2OCc2ccccc2)cc1. The average molecular weight is 597 g/mol. The molecule has 0 bridgehead atoms. The van der Waals surface area contributed by atoms with Crippen LogP contribution in [0.1, 0.15) is 22.3 Å². The highest BCUT2D eigenvalue weighted by Gasteiger charge is 2.49. The van der Waals surface area contributed by atoms with Crippen LogP contribution in [0.5, 0.6) is 0 Å². The molecular weight excluding hydrogens is 556 g/mol. The van der Waals surface area contributed by atoms with Crippen LogP contribution in [0.25, 0.3) is 0 Å². The fourth-order valence-corrected chi connectivity index (χ4v) is 5.25. The van der Waals surface area contributed by atoms with E-state index < -0.39 is 30.7 Å². The van der Waals surface area contributed by atoms with Crippen molar-refractivity contribution in [2.75, 3.05) is 19.8 Å². The van der Waals surface area contributed by atoms with Crippen molar-refractivity contribution in [1.29, 1.82) is 0 Å². The van der Waals surface area contributed by atoms with Crippen molar-refractivity contribution in [2.24, 2.45) is 0 Å². The Balaban J connectivity index is 1.26. The Morgan fingerprint density at radius 3 is 1.39 bits per heavy atom. The molecule has 7 nitrogen and oxygen atoms in total. The number of benzene rings is 4. The molecule has 0 spiro atoms. The van der Waals surface area contributed by atoms with Gasteiger partial charge in [-0.05, 0) is 22.3 Å². The fourth-order valence-electron chi connectivity index (χ4n) is 5.25. The molecule has 0 N–H and O–H groups in total. The van der Waals surface area contributed by atoms with E-state index in [4.69, 9.17) is 33.2 Å². The highest BCUT2D eigenvalue weighted by Crippen LogP contribution is 2.32. The first-order valence-corrected chi connectivity index (χ1v) is 15.3. The average Bonchev–Trinajstić information content (AvgIpc) is 3.92. The highest BCUT2D eigenvalue weighted by atomic mass is 16.7. The van der Waals surface area contributed by atoms with Gasteiger partial charge in [0.05, 0.1) is 46.2 Å². The third-order valence-electron chi connectivity index (χ3n) is 7.69. The minimum absolute atomic E-state index is 0.0666. The van der Waals surface area contributed by atoms with Crippen LogP contribution >= 0.6 is 0 Å². The van der Waals surface area contributed by atoms with Gasteiger partial charge in [0.2, 0.25) is 0 Å². The first kappa shape index (κ1) is 30.6. The fraction of sp³-hybridized carbons (Fsp3) is 0.351. The van der Waals surface area contributed by atoms with Crippen molar-refractivity contribution in [1.82, 2.24) is 0 Å². The predicted molar refractivity (Wildman–Crippen MR) is 166 cm³/mol. The second-order valence-electron chi connectivity index (χ2n) is 11.1. The Labute approximate surface area is 259 Å². The number of hydrogen-bond donors (Lipinski definition) is 0. The number of ether oxygens (including phenoxy) is 7.